The monoisotopic (exact) mass is 304 g/mol. The molecule has 0 amide bonds. The number of halogens is 3. The van der Waals surface area contributed by atoms with Gasteiger partial charge in [-0.25, -0.2) is 4.79 Å². The van der Waals surface area contributed by atoms with E-state index in [2.05, 4.69) is 9.47 Å². The average Bonchev–Trinajstić information content (AvgIpc) is 2.35. The van der Waals surface area contributed by atoms with Crippen molar-refractivity contribution in [2.45, 2.75) is 13.3 Å². The van der Waals surface area contributed by atoms with E-state index in [9.17, 15) is 28.1 Å². The van der Waals surface area contributed by atoms with E-state index in [4.69, 9.17) is 5.26 Å². The van der Waals surface area contributed by atoms with Gasteiger partial charge in [0.2, 0.25) is 5.75 Å². The lowest BCUT2D eigenvalue weighted by Gasteiger charge is -2.13. The van der Waals surface area contributed by atoms with Crippen LogP contribution in [-0.2, 0) is 4.74 Å². The lowest BCUT2D eigenvalue weighted by molar-refractivity contribution is -0.388. The maximum atomic E-state index is 12.4. The minimum Gasteiger partial charge on any atom is -0.462 e. The van der Waals surface area contributed by atoms with Crippen LogP contribution in [-0.4, -0.2) is 23.9 Å². The fourth-order valence-electron chi connectivity index (χ4n) is 1.43. The molecule has 0 aliphatic carbocycles. The molecule has 0 aliphatic rings. The van der Waals surface area contributed by atoms with Crippen molar-refractivity contribution >= 4 is 11.7 Å². The smallest absolute Gasteiger partial charge is 0.462 e. The first-order valence-electron chi connectivity index (χ1n) is 5.35. The molecule has 1 aromatic rings. The molecule has 0 aliphatic heterocycles. The molecule has 0 radical (unpaired) electrons. The van der Waals surface area contributed by atoms with Crippen molar-refractivity contribution in [2.75, 3.05) is 6.61 Å². The minimum absolute atomic E-state index is 0.197. The van der Waals surface area contributed by atoms with Crippen LogP contribution in [0.15, 0.2) is 12.1 Å². The predicted molar refractivity (Wildman–Crippen MR) is 60.5 cm³/mol. The van der Waals surface area contributed by atoms with Gasteiger partial charge in [-0.05, 0) is 13.0 Å². The van der Waals surface area contributed by atoms with Crippen LogP contribution in [0.1, 0.15) is 22.8 Å². The van der Waals surface area contributed by atoms with Crippen LogP contribution in [0.25, 0.3) is 0 Å². The SMILES string of the molecule is CCOC(=O)c1c(C#N)ccc([N+](=O)[O-])c1OC(F)(F)F. The topological polar surface area (TPSA) is 102 Å². The second-order valence-corrected chi connectivity index (χ2v) is 3.47. The average molecular weight is 304 g/mol. The van der Waals surface area contributed by atoms with Gasteiger partial charge in [-0.1, -0.05) is 0 Å². The predicted octanol–water partition coefficient (Wildman–Crippen LogP) is 2.54. The van der Waals surface area contributed by atoms with Gasteiger partial charge in [0.25, 0.3) is 0 Å². The highest BCUT2D eigenvalue weighted by atomic mass is 19.4. The molecule has 0 spiro atoms. The van der Waals surface area contributed by atoms with Gasteiger partial charge < -0.3 is 9.47 Å². The lowest BCUT2D eigenvalue weighted by atomic mass is 10.1. The Morgan fingerprint density at radius 2 is 2.10 bits per heavy atom. The number of carbonyl (C=O) groups excluding carboxylic acids is 1. The van der Waals surface area contributed by atoms with E-state index in [-0.39, 0.29) is 6.61 Å². The van der Waals surface area contributed by atoms with Gasteiger partial charge in [0.15, 0.2) is 0 Å². The van der Waals surface area contributed by atoms with Gasteiger partial charge in [-0.2, -0.15) is 5.26 Å². The van der Waals surface area contributed by atoms with Crippen molar-refractivity contribution in [1.82, 2.24) is 0 Å². The van der Waals surface area contributed by atoms with Gasteiger partial charge in [0.05, 0.1) is 17.1 Å². The van der Waals surface area contributed by atoms with Crippen molar-refractivity contribution in [3.05, 3.63) is 33.4 Å². The summed E-state index contributed by atoms with van der Waals surface area (Å²) in [6.45, 7) is 1.18. The number of rotatable bonds is 4. The number of alkyl halides is 3. The maximum Gasteiger partial charge on any atom is 0.573 e. The maximum absolute atomic E-state index is 12.4. The summed E-state index contributed by atoms with van der Waals surface area (Å²) in [7, 11) is 0. The van der Waals surface area contributed by atoms with E-state index >= 15 is 0 Å². The fourth-order valence-corrected chi connectivity index (χ4v) is 1.43. The molecular formula is C11H7F3N2O5. The second-order valence-electron chi connectivity index (χ2n) is 3.47. The molecule has 10 heteroatoms. The minimum atomic E-state index is -5.28. The van der Waals surface area contributed by atoms with Crippen LogP contribution in [0.2, 0.25) is 0 Å². The summed E-state index contributed by atoms with van der Waals surface area (Å²) in [4.78, 5) is 21.3. The van der Waals surface area contributed by atoms with Crippen molar-refractivity contribution in [1.29, 1.82) is 5.26 Å². The number of ether oxygens (including phenoxy) is 2. The van der Waals surface area contributed by atoms with Crippen LogP contribution in [0, 0.1) is 21.4 Å². The third-order valence-corrected chi connectivity index (χ3v) is 2.15. The first kappa shape index (κ1) is 16.2. The van der Waals surface area contributed by atoms with Crippen molar-refractivity contribution < 1.29 is 32.4 Å². The molecule has 0 bridgehead atoms. The van der Waals surface area contributed by atoms with E-state index in [1.165, 1.54) is 13.0 Å². The lowest BCUT2D eigenvalue weighted by Crippen LogP contribution is -2.21. The summed E-state index contributed by atoms with van der Waals surface area (Å²) in [5.74, 6) is -2.69. The Balaban J connectivity index is 3.61. The molecule has 0 saturated carbocycles. The number of nitriles is 1. The molecule has 1 rings (SSSR count). The summed E-state index contributed by atoms with van der Waals surface area (Å²) in [5, 5.41) is 19.6. The Bertz CT molecular complexity index is 622. The summed E-state index contributed by atoms with van der Waals surface area (Å²) in [6.07, 6.45) is -5.28. The number of nitro benzene ring substituents is 1. The van der Waals surface area contributed by atoms with Crippen LogP contribution in [0.5, 0.6) is 5.75 Å². The number of carbonyl (C=O) groups is 1. The second kappa shape index (κ2) is 6.08. The molecule has 0 heterocycles. The third-order valence-electron chi connectivity index (χ3n) is 2.15. The quantitative estimate of drug-likeness (QED) is 0.481. The Hall–Kier alpha value is -2.83. The van der Waals surface area contributed by atoms with Gasteiger partial charge >= 0.3 is 18.0 Å². The largest absolute Gasteiger partial charge is 0.573 e. The number of esters is 1. The highest BCUT2D eigenvalue weighted by molar-refractivity contribution is 5.97. The molecule has 0 atom stereocenters. The molecular weight excluding hydrogens is 297 g/mol. The highest BCUT2D eigenvalue weighted by Crippen LogP contribution is 2.37. The number of hydrogen-bond acceptors (Lipinski definition) is 6. The number of nitrogens with zero attached hydrogens (tertiary/aromatic N) is 2. The zero-order valence-corrected chi connectivity index (χ0v) is 10.4. The number of nitro groups is 1. The van der Waals surface area contributed by atoms with E-state index in [0.717, 1.165) is 6.07 Å². The van der Waals surface area contributed by atoms with E-state index in [0.29, 0.717) is 6.07 Å². The molecule has 112 valence electrons. The number of benzene rings is 1. The summed E-state index contributed by atoms with van der Waals surface area (Å²) < 4.78 is 45.2. The Labute approximate surface area is 115 Å². The molecule has 0 saturated heterocycles. The fraction of sp³-hybridized carbons (Fsp3) is 0.273. The molecule has 0 N–H and O–H groups in total. The Kier molecular flexibility index (Phi) is 4.70. The van der Waals surface area contributed by atoms with E-state index < -0.39 is 39.8 Å². The van der Waals surface area contributed by atoms with Gasteiger partial charge in [0.1, 0.15) is 11.6 Å². The normalized spacial score (nSPS) is 10.6. The Morgan fingerprint density at radius 3 is 2.52 bits per heavy atom. The van der Waals surface area contributed by atoms with Crippen LogP contribution in [0.3, 0.4) is 0 Å². The molecule has 0 unspecified atom stereocenters. The standard InChI is InChI=1S/C11H7F3N2O5/c1-2-20-10(17)8-6(5-15)3-4-7(16(18)19)9(8)21-11(12,13)14/h3-4H,2H2,1H3. The molecule has 0 fully saturated rings. The zero-order chi connectivity index (χ0) is 16.2. The van der Waals surface area contributed by atoms with Gasteiger partial charge in [-0.15, -0.1) is 13.2 Å². The summed E-state index contributed by atoms with van der Waals surface area (Å²) >= 11 is 0. The van der Waals surface area contributed by atoms with Crippen molar-refractivity contribution in [2.24, 2.45) is 0 Å². The molecule has 1 aromatic carbocycles. The van der Waals surface area contributed by atoms with E-state index in [1.54, 1.807) is 0 Å². The van der Waals surface area contributed by atoms with E-state index in [1.807, 2.05) is 0 Å². The Morgan fingerprint density at radius 1 is 1.48 bits per heavy atom. The van der Waals surface area contributed by atoms with Gasteiger partial charge in [-0.3, -0.25) is 10.1 Å². The highest BCUT2D eigenvalue weighted by Gasteiger charge is 2.38. The first-order valence-corrected chi connectivity index (χ1v) is 5.35. The van der Waals surface area contributed by atoms with Crippen molar-refractivity contribution in [3.8, 4) is 11.8 Å². The zero-order valence-electron chi connectivity index (χ0n) is 10.4. The third kappa shape index (κ3) is 3.82. The van der Waals surface area contributed by atoms with Crippen LogP contribution >= 0.6 is 0 Å². The molecule has 7 nitrogen and oxygen atoms in total. The first-order chi connectivity index (χ1) is 9.71. The van der Waals surface area contributed by atoms with Gasteiger partial charge in [0, 0.05) is 6.07 Å². The number of hydrogen-bond donors (Lipinski definition) is 0. The van der Waals surface area contributed by atoms with Crippen LogP contribution in [0.4, 0.5) is 18.9 Å². The van der Waals surface area contributed by atoms with Crippen LogP contribution < -0.4 is 4.74 Å². The molecule has 0 aromatic heterocycles. The summed E-state index contributed by atoms with van der Waals surface area (Å²) in [6, 6.07) is 2.94. The van der Waals surface area contributed by atoms with Crippen molar-refractivity contribution in [3.63, 3.8) is 0 Å². The summed E-state index contributed by atoms with van der Waals surface area (Å²) in [5.41, 5.74) is -2.57. The molecule has 21 heavy (non-hydrogen) atoms.